The van der Waals surface area contributed by atoms with Crippen molar-refractivity contribution in [2.24, 2.45) is 0 Å². The van der Waals surface area contributed by atoms with Crippen LogP contribution in [0.4, 0.5) is 0 Å². The summed E-state index contributed by atoms with van der Waals surface area (Å²) in [5.74, 6) is 0. The highest BCUT2D eigenvalue weighted by molar-refractivity contribution is 5.95. The predicted molar refractivity (Wildman–Crippen MR) is 109 cm³/mol. The van der Waals surface area contributed by atoms with E-state index in [-0.39, 0.29) is 0 Å². The Morgan fingerprint density at radius 2 is 1.78 bits per heavy atom. The normalized spacial score (nSPS) is 11.7. The fourth-order valence-electron chi connectivity index (χ4n) is 3.39. The number of pyridine rings is 1. The van der Waals surface area contributed by atoms with Crippen molar-refractivity contribution in [2.75, 3.05) is 0 Å². The second kappa shape index (κ2) is 6.09. The first kappa shape index (κ1) is 15.8. The van der Waals surface area contributed by atoms with E-state index in [0.717, 1.165) is 33.5 Å². The van der Waals surface area contributed by atoms with Crippen molar-refractivity contribution in [1.29, 1.82) is 0 Å². The molecular weight excluding hydrogens is 334 g/mol. The van der Waals surface area contributed by atoms with Gasteiger partial charge in [0.05, 0.1) is 11.9 Å². The molecule has 0 aliphatic carbocycles. The quantitative estimate of drug-likeness (QED) is 0.394. The number of hydrogen-bond donors (Lipinski definition) is 0. The largest absolute Gasteiger partial charge is 0.462 e. The van der Waals surface area contributed by atoms with Crippen molar-refractivity contribution in [2.45, 2.75) is 19.9 Å². The zero-order valence-corrected chi connectivity index (χ0v) is 15.3. The van der Waals surface area contributed by atoms with Crippen molar-refractivity contribution in [1.82, 2.24) is 14.8 Å². The highest BCUT2D eigenvalue weighted by atomic mass is 16.3. The fourth-order valence-corrected chi connectivity index (χ4v) is 3.39. The average Bonchev–Trinajstić information content (AvgIpc) is 3.34. The second-order valence-corrected chi connectivity index (χ2v) is 7.06. The number of fused-ring (bicyclic) bond motifs is 2. The number of rotatable bonds is 3. The van der Waals surface area contributed by atoms with Gasteiger partial charge < -0.3 is 4.42 Å². The summed E-state index contributed by atoms with van der Waals surface area (Å²) in [6.07, 6.45) is 5.70. The fraction of sp³-hybridized carbons (Fsp3) is 0.130. The summed E-state index contributed by atoms with van der Waals surface area (Å²) in [6.45, 7) is 4.22. The summed E-state index contributed by atoms with van der Waals surface area (Å²) < 4.78 is 7.71. The molecule has 0 bridgehead atoms. The van der Waals surface area contributed by atoms with Gasteiger partial charge in [-0.1, -0.05) is 36.4 Å². The average molecular weight is 353 g/mol. The van der Waals surface area contributed by atoms with Gasteiger partial charge in [-0.05, 0) is 48.4 Å². The maximum Gasteiger partial charge on any atom is 0.153 e. The lowest BCUT2D eigenvalue weighted by Crippen LogP contribution is -1.99. The van der Waals surface area contributed by atoms with Crippen LogP contribution in [0.3, 0.4) is 0 Å². The molecule has 3 aromatic heterocycles. The summed E-state index contributed by atoms with van der Waals surface area (Å²) in [5.41, 5.74) is 5.69. The Balaban J connectivity index is 1.64. The first-order valence-corrected chi connectivity index (χ1v) is 9.11. The molecule has 132 valence electrons. The van der Waals surface area contributed by atoms with Gasteiger partial charge in [0.25, 0.3) is 0 Å². The molecular formula is C23H19N3O. The van der Waals surface area contributed by atoms with Gasteiger partial charge in [0.15, 0.2) is 5.58 Å². The molecule has 4 nitrogen and oxygen atoms in total. The maximum absolute atomic E-state index is 5.77. The van der Waals surface area contributed by atoms with Crippen LogP contribution in [0.1, 0.15) is 19.9 Å². The highest BCUT2D eigenvalue weighted by Crippen LogP contribution is 2.33. The molecule has 0 spiro atoms. The first-order chi connectivity index (χ1) is 13.2. The summed E-state index contributed by atoms with van der Waals surface area (Å²) in [5, 5.41) is 6.86. The lowest BCUT2D eigenvalue weighted by molar-refractivity contribution is 0.532. The van der Waals surface area contributed by atoms with Gasteiger partial charge in [0, 0.05) is 23.4 Å². The Bertz CT molecular complexity index is 1260. The number of hydrogen-bond acceptors (Lipinski definition) is 3. The number of benzene rings is 2. The van der Waals surface area contributed by atoms with Gasteiger partial charge >= 0.3 is 0 Å². The van der Waals surface area contributed by atoms with Crippen LogP contribution in [0.5, 0.6) is 0 Å². The van der Waals surface area contributed by atoms with Gasteiger partial charge in [0.1, 0.15) is 11.8 Å². The van der Waals surface area contributed by atoms with Crippen LogP contribution in [0.25, 0.3) is 44.3 Å². The molecule has 0 N–H and O–H groups in total. The van der Waals surface area contributed by atoms with Crippen LogP contribution < -0.4 is 0 Å². The van der Waals surface area contributed by atoms with E-state index in [0.29, 0.717) is 6.04 Å². The number of nitrogens with zero attached hydrogens (tertiary/aromatic N) is 3. The predicted octanol–water partition coefficient (Wildman–Crippen LogP) is 6.09. The van der Waals surface area contributed by atoms with Gasteiger partial charge in [0.2, 0.25) is 0 Å². The highest BCUT2D eigenvalue weighted by Gasteiger charge is 2.13. The zero-order chi connectivity index (χ0) is 18.4. The molecule has 3 heterocycles. The summed E-state index contributed by atoms with van der Waals surface area (Å²) >= 11 is 0. The Hall–Kier alpha value is -3.40. The molecule has 0 saturated heterocycles. The number of aromatic nitrogens is 3. The van der Waals surface area contributed by atoms with Crippen molar-refractivity contribution >= 4 is 21.9 Å². The smallest absolute Gasteiger partial charge is 0.153 e. The molecule has 0 radical (unpaired) electrons. The van der Waals surface area contributed by atoms with Crippen molar-refractivity contribution in [3.8, 4) is 22.4 Å². The van der Waals surface area contributed by atoms with Crippen molar-refractivity contribution in [3.63, 3.8) is 0 Å². The monoisotopic (exact) mass is 353 g/mol. The molecule has 0 unspecified atom stereocenters. The molecule has 0 aliphatic rings. The Morgan fingerprint density at radius 3 is 2.59 bits per heavy atom. The second-order valence-electron chi connectivity index (χ2n) is 7.06. The lowest BCUT2D eigenvalue weighted by atomic mass is 10.0. The molecule has 0 aliphatic heterocycles. The third kappa shape index (κ3) is 2.70. The van der Waals surface area contributed by atoms with E-state index >= 15 is 0 Å². The van der Waals surface area contributed by atoms with E-state index in [9.17, 15) is 0 Å². The minimum absolute atomic E-state index is 0.324. The minimum atomic E-state index is 0.324. The van der Waals surface area contributed by atoms with Gasteiger partial charge in [-0.25, -0.2) is 4.98 Å². The van der Waals surface area contributed by atoms with E-state index in [1.807, 2.05) is 29.2 Å². The zero-order valence-electron chi connectivity index (χ0n) is 15.3. The lowest BCUT2D eigenvalue weighted by Gasteiger charge is -2.04. The molecule has 27 heavy (non-hydrogen) atoms. The van der Waals surface area contributed by atoms with Crippen LogP contribution in [0, 0.1) is 0 Å². The Labute approximate surface area is 157 Å². The summed E-state index contributed by atoms with van der Waals surface area (Å²) in [7, 11) is 0. The van der Waals surface area contributed by atoms with E-state index < -0.39 is 0 Å². The van der Waals surface area contributed by atoms with Gasteiger partial charge in [-0.3, -0.25) is 4.68 Å². The van der Waals surface area contributed by atoms with Crippen molar-refractivity contribution in [3.05, 3.63) is 73.3 Å². The molecule has 0 saturated carbocycles. The molecule has 0 fully saturated rings. The molecule has 2 aromatic carbocycles. The van der Waals surface area contributed by atoms with Crippen LogP contribution in [0.15, 0.2) is 77.7 Å². The van der Waals surface area contributed by atoms with Gasteiger partial charge in [-0.2, -0.15) is 5.10 Å². The van der Waals surface area contributed by atoms with E-state index in [2.05, 4.69) is 61.4 Å². The molecule has 0 amide bonds. The molecule has 0 atom stereocenters. The number of furan rings is 1. The van der Waals surface area contributed by atoms with E-state index in [1.165, 1.54) is 10.8 Å². The van der Waals surface area contributed by atoms with Crippen LogP contribution in [0.2, 0.25) is 0 Å². The molecule has 4 heteroatoms. The molecule has 5 aromatic rings. The van der Waals surface area contributed by atoms with Crippen LogP contribution >= 0.6 is 0 Å². The Kier molecular flexibility index (Phi) is 3.57. The third-order valence-corrected chi connectivity index (χ3v) is 4.90. The standard InChI is InChI=1S/C23H19N3O/c1-15(2)26-13-19(12-24-26)21-9-10-22-23(25-21)20(14-27-22)18-8-7-16-5-3-4-6-17(16)11-18/h3-15H,1-2H3. The van der Waals surface area contributed by atoms with Crippen molar-refractivity contribution < 1.29 is 4.42 Å². The third-order valence-electron chi connectivity index (χ3n) is 4.90. The topological polar surface area (TPSA) is 43.9 Å². The maximum atomic E-state index is 5.77. The van der Waals surface area contributed by atoms with Crippen LogP contribution in [-0.4, -0.2) is 14.8 Å². The van der Waals surface area contributed by atoms with Crippen LogP contribution in [-0.2, 0) is 0 Å². The molecule has 5 rings (SSSR count). The van der Waals surface area contributed by atoms with E-state index in [1.54, 1.807) is 6.26 Å². The summed E-state index contributed by atoms with van der Waals surface area (Å²) in [6, 6.07) is 19.1. The summed E-state index contributed by atoms with van der Waals surface area (Å²) in [4.78, 5) is 4.89. The Morgan fingerprint density at radius 1 is 0.926 bits per heavy atom. The SMILES string of the molecule is CC(C)n1cc(-c2ccc3occ(-c4ccc5ccccc5c4)c3n2)cn1. The van der Waals surface area contributed by atoms with Gasteiger partial charge in [-0.15, -0.1) is 0 Å². The van der Waals surface area contributed by atoms with E-state index in [4.69, 9.17) is 9.40 Å². The minimum Gasteiger partial charge on any atom is -0.462 e. The first-order valence-electron chi connectivity index (χ1n) is 9.11.